The lowest BCUT2D eigenvalue weighted by molar-refractivity contribution is 0.736. The summed E-state index contributed by atoms with van der Waals surface area (Å²) in [6.45, 7) is 5.70. The Balaban J connectivity index is 2.97. The summed E-state index contributed by atoms with van der Waals surface area (Å²) < 4.78 is 0. The van der Waals surface area contributed by atoms with Crippen LogP contribution in [0.5, 0.6) is 0 Å². The summed E-state index contributed by atoms with van der Waals surface area (Å²) >= 11 is 5.88. The first-order chi connectivity index (χ1) is 6.15. The monoisotopic (exact) mass is 195 g/mol. The molecule has 0 saturated heterocycles. The number of halogens is 1. The van der Waals surface area contributed by atoms with E-state index in [1.807, 2.05) is 31.2 Å². The first-order valence-corrected chi connectivity index (χ1v) is 4.65. The third-order valence-electron chi connectivity index (χ3n) is 2.06. The van der Waals surface area contributed by atoms with Crippen molar-refractivity contribution < 1.29 is 0 Å². The van der Waals surface area contributed by atoms with E-state index >= 15 is 0 Å². The van der Waals surface area contributed by atoms with Gasteiger partial charge < -0.3 is 5.73 Å². The van der Waals surface area contributed by atoms with Gasteiger partial charge in [-0.25, -0.2) is 0 Å². The molecule has 1 aromatic carbocycles. The largest absolute Gasteiger partial charge is 0.324 e. The summed E-state index contributed by atoms with van der Waals surface area (Å²) in [5.74, 6) is 0. The lowest BCUT2D eigenvalue weighted by atomic mass is 10.00. The highest BCUT2D eigenvalue weighted by molar-refractivity contribution is 6.30. The van der Waals surface area contributed by atoms with Crippen LogP contribution in [0.25, 0.3) is 0 Å². The molecule has 0 amide bonds. The van der Waals surface area contributed by atoms with Crippen molar-refractivity contribution in [1.82, 2.24) is 0 Å². The van der Waals surface area contributed by atoms with Crippen molar-refractivity contribution in [3.05, 3.63) is 47.0 Å². The number of benzene rings is 1. The average Bonchev–Trinajstić information content (AvgIpc) is 2.09. The van der Waals surface area contributed by atoms with Crippen molar-refractivity contribution in [2.45, 2.75) is 19.4 Å². The number of aryl methyl sites for hydroxylation is 1. The molecule has 2 N–H and O–H groups in total. The van der Waals surface area contributed by atoms with Gasteiger partial charge in [-0.2, -0.15) is 0 Å². The Morgan fingerprint density at radius 3 is 2.92 bits per heavy atom. The van der Waals surface area contributed by atoms with Gasteiger partial charge in [-0.1, -0.05) is 23.7 Å². The van der Waals surface area contributed by atoms with E-state index in [1.54, 1.807) is 0 Å². The van der Waals surface area contributed by atoms with E-state index in [0.29, 0.717) is 0 Å². The minimum atomic E-state index is 0.0104. The molecule has 1 rings (SSSR count). The molecule has 0 aliphatic heterocycles. The van der Waals surface area contributed by atoms with Crippen LogP contribution < -0.4 is 5.73 Å². The summed E-state index contributed by atoms with van der Waals surface area (Å²) in [6.07, 6.45) is 2.60. The highest BCUT2D eigenvalue weighted by Crippen LogP contribution is 2.22. The van der Waals surface area contributed by atoms with Gasteiger partial charge >= 0.3 is 0 Å². The van der Waals surface area contributed by atoms with Crippen LogP contribution in [0.3, 0.4) is 0 Å². The SMILES string of the molecule is C=CC[C@H](N)c1cc(Cl)ccc1C. The van der Waals surface area contributed by atoms with Gasteiger partial charge in [0.25, 0.3) is 0 Å². The second kappa shape index (κ2) is 4.45. The van der Waals surface area contributed by atoms with Gasteiger partial charge in [0.05, 0.1) is 0 Å². The summed E-state index contributed by atoms with van der Waals surface area (Å²) in [6, 6.07) is 5.79. The number of hydrogen-bond donors (Lipinski definition) is 1. The first kappa shape index (κ1) is 10.3. The average molecular weight is 196 g/mol. The lowest BCUT2D eigenvalue weighted by Gasteiger charge is -2.12. The normalized spacial score (nSPS) is 12.5. The van der Waals surface area contributed by atoms with Crippen molar-refractivity contribution in [3.8, 4) is 0 Å². The molecular weight excluding hydrogens is 182 g/mol. The fourth-order valence-corrected chi connectivity index (χ4v) is 1.50. The fourth-order valence-electron chi connectivity index (χ4n) is 1.32. The zero-order valence-electron chi connectivity index (χ0n) is 7.76. The van der Waals surface area contributed by atoms with E-state index in [-0.39, 0.29) is 6.04 Å². The highest BCUT2D eigenvalue weighted by atomic mass is 35.5. The van der Waals surface area contributed by atoms with E-state index in [9.17, 15) is 0 Å². The molecule has 1 nitrogen and oxygen atoms in total. The molecule has 0 radical (unpaired) electrons. The number of rotatable bonds is 3. The Morgan fingerprint density at radius 1 is 1.62 bits per heavy atom. The first-order valence-electron chi connectivity index (χ1n) is 4.27. The third kappa shape index (κ3) is 2.58. The van der Waals surface area contributed by atoms with Gasteiger partial charge in [0, 0.05) is 11.1 Å². The molecule has 0 saturated carbocycles. The third-order valence-corrected chi connectivity index (χ3v) is 2.30. The van der Waals surface area contributed by atoms with Crippen LogP contribution in [0.4, 0.5) is 0 Å². The zero-order chi connectivity index (χ0) is 9.84. The Morgan fingerprint density at radius 2 is 2.31 bits per heavy atom. The van der Waals surface area contributed by atoms with Crippen LogP contribution in [0.15, 0.2) is 30.9 Å². The standard InChI is InChI=1S/C11H14ClN/c1-3-4-11(13)10-7-9(12)6-5-8(10)2/h3,5-7,11H,1,4,13H2,2H3/t11-/m0/s1. The predicted molar refractivity (Wildman–Crippen MR) is 57.9 cm³/mol. The van der Waals surface area contributed by atoms with E-state index < -0.39 is 0 Å². The second-order valence-corrected chi connectivity index (χ2v) is 3.57. The minimum Gasteiger partial charge on any atom is -0.324 e. The maximum absolute atomic E-state index is 5.95. The molecule has 0 heterocycles. The number of hydrogen-bond acceptors (Lipinski definition) is 1. The number of nitrogens with two attached hydrogens (primary N) is 1. The molecule has 0 fully saturated rings. The van der Waals surface area contributed by atoms with E-state index in [2.05, 4.69) is 6.58 Å². The quantitative estimate of drug-likeness (QED) is 0.737. The van der Waals surface area contributed by atoms with Gasteiger partial charge in [-0.15, -0.1) is 6.58 Å². The van der Waals surface area contributed by atoms with Crippen molar-refractivity contribution in [2.75, 3.05) is 0 Å². The van der Waals surface area contributed by atoms with Crippen LogP contribution >= 0.6 is 11.6 Å². The molecule has 0 unspecified atom stereocenters. The molecule has 0 bridgehead atoms. The summed E-state index contributed by atoms with van der Waals surface area (Å²) in [5, 5.41) is 0.736. The molecule has 1 atom stereocenters. The molecule has 2 heteroatoms. The van der Waals surface area contributed by atoms with Crippen LogP contribution in [-0.2, 0) is 0 Å². The van der Waals surface area contributed by atoms with Gasteiger partial charge in [0.15, 0.2) is 0 Å². The molecule has 0 aliphatic rings. The smallest absolute Gasteiger partial charge is 0.0409 e. The van der Waals surface area contributed by atoms with Crippen molar-refractivity contribution >= 4 is 11.6 Å². The van der Waals surface area contributed by atoms with Crippen LogP contribution in [0.2, 0.25) is 5.02 Å². The maximum atomic E-state index is 5.95. The summed E-state index contributed by atoms with van der Waals surface area (Å²) in [5.41, 5.74) is 8.23. The second-order valence-electron chi connectivity index (χ2n) is 3.13. The molecule has 1 aromatic rings. The molecule has 13 heavy (non-hydrogen) atoms. The molecule has 0 aromatic heterocycles. The fraction of sp³-hybridized carbons (Fsp3) is 0.273. The lowest BCUT2D eigenvalue weighted by Crippen LogP contribution is -2.10. The summed E-state index contributed by atoms with van der Waals surface area (Å²) in [7, 11) is 0. The van der Waals surface area contributed by atoms with Crippen molar-refractivity contribution in [3.63, 3.8) is 0 Å². The minimum absolute atomic E-state index is 0.0104. The van der Waals surface area contributed by atoms with Crippen LogP contribution in [0, 0.1) is 6.92 Å². The topological polar surface area (TPSA) is 26.0 Å². The highest BCUT2D eigenvalue weighted by Gasteiger charge is 2.07. The van der Waals surface area contributed by atoms with Crippen LogP contribution in [0.1, 0.15) is 23.6 Å². The van der Waals surface area contributed by atoms with E-state index in [4.69, 9.17) is 17.3 Å². The predicted octanol–water partition coefficient (Wildman–Crippen LogP) is 3.22. The van der Waals surface area contributed by atoms with Crippen molar-refractivity contribution in [1.29, 1.82) is 0 Å². The zero-order valence-corrected chi connectivity index (χ0v) is 8.51. The Hall–Kier alpha value is -0.790. The Kier molecular flexibility index (Phi) is 3.52. The van der Waals surface area contributed by atoms with Gasteiger partial charge in [-0.05, 0) is 36.6 Å². The Labute approximate surface area is 84.2 Å². The summed E-state index contributed by atoms with van der Waals surface area (Å²) in [4.78, 5) is 0. The Bertz CT molecular complexity index is 307. The van der Waals surface area contributed by atoms with Crippen molar-refractivity contribution in [2.24, 2.45) is 5.73 Å². The molecular formula is C11H14ClN. The van der Waals surface area contributed by atoms with Crippen LogP contribution in [-0.4, -0.2) is 0 Å². The van der Waals surface area contributed by atoms with E-state index in [1.165, 1.54) is 5.56 Å². The molecule has 0 spiro atoms. The maximum Gasteiger partial charge on any atom is 0.0409 e. The van der Waals surface area contributed by atoms with Gasteiger partial charge in [0.1, 0.15) is 0 Å². The van der Waals surface area contributed by atoms with E-state index in [0.717, 1.165) is 17.0 Å². The van der Waals surface area contributed by atoms with Gasteiger partial charge in [-0.3, -0.25) is 0 Å². The molecule has 70 valence electrons. The van der Waals surface area contributed by atoms with Gasteiger partial charge in [0.2, 0.25) is 0 Å². The molecule has 0 aliphatic carbocycles.